The van der Waals surface area contributed by atoms with Crippen LogP contribution in [0.1, 0.15) is 34.7 Å². The third-order valence-corrected chi connectivity index (χ3v) is 10.9. The molecule has 2 heterocycles. The zero-order chi connectivity index (χ0) is 32.1. The van der Waals surface area contributed by atoms with Gasteiger partial charge < -0.3 is 9.73 Å². The lowest BCUT2D eigenvalue weighted by molar-refractivity contribution is 0.671. The second kappa shape index (κ2) is 10.2. The van der Waals surface area contributed by atoms with Gasteiger partial charge >= 0.3 is 0 Å². The fourth-order valence-electron chi connectivity index (χ4n) is 8.63. The van der Waals surface area contributed by atoms with Gasteiger partial charge in [0.2, 0.25) is 0 Å². The molecule has 1 atom stereocenters. The van der Waals surface area contributed by atoms with Gasteiger partial charge in [-0.1, -0.05) is 127 Å². The van der Waals surface area contributed by atoms with Gasteiger partial charge in [-0.15, -0.1) is 0 Å². The van der Waals surface area contributed by atoms with Crippen molar-refractivity contribution in [3.8, 4) is 22.3 Å². The van der Waals surface area contributed by atoms with Crippen LogP contribution in [0.25, 0.3) is 82.6 Å². The first-order valence-corrected chi connectivity index (χ1v) is 17.3. The molecule has 49 heavy (non-hydrogen) atoms. The third kappa shape index (κ3) is 3.95. The summed E-state index contributed by atoms with van der Waals surface area (Å²) in [6.07, 6.45) is 6.70. The lowest BCUT2D eigenvalue weighted by atomic mass is 9.80. The first kappa shape index (κ1) is 26.9. The number of furan rings is 1. The van der Waals surface area contributed by atoms with Gasteiger partial charge in [0, 0.05) is 27.6 Å². The molecule has 230 valence electrons. The van der Waals surface area contributed by atoms with Crippen molar-refractivity contribution in [2.75, 3.05) is 5.32 Å². The topological polar surface area (TPSA) is 25.2 Å². The Bertz CT molecular complexity index is 2870. The quantitative estimate of drug-likeness (QED) is 0.207. The van der Waals surface area contributed by atoms with Gasteiger partial charge in [0.25, 0.3) is 0 Å². The van der Waals surface area contributed by atoms with Crippen LogP contribution in [-0.4, -0.2) is 0 Å². The van der Waals surface area contributed by atoms with Crippen molar-refractivity contribution in [1.82, 2.24) is 0 Å². The first-order chi connectivity index (χ1) is 24.3. The average molecular weight is 626 g/mol. The van der Waals surface area contributed by atoms with Crippen molar-refractivity contribution in [3.05, 3.63) is 168 Å². The summed E-state index contributed by atoms with van der Waals surface area (Å²) in [7, 11) is 0. The fraction of sp³-hybridized carbons (Fsp3) is 0.0638. The Kier molecular flexibility index (Phi) is 5.59. The molecule has 1 aliphatic heterocycles. The minimum absolute atomic E-state index is 0.00128. The predicted octanol–water partition coefficient (Wildman–Crippen LogP) is 12.9. The fourth-order valence-corrected chi connectivity index (χ4v) is 8.63. The van der Waals surface area contributed by atoms with E-state index in [1.807, 2.05) is 0 Å². The number of hydrogen-bond donors (Lipinski definition) is 1. The lowest BCUT2D eigenvalue weighted by Crippen LogP contribution is -2.20. The molecule has 8 aromatic carbocycles. The van der Waals surface area contributed by atoms with Gasteiger partial charge in [-0.3, -0.25) is 0 Å². The zero-order valence-corrected chi connectivity index (χ0v) is 26.8. The van der Waals surface area contributed by atoms with Crippen molar-refractivity contribution in [1.29, 1.82) is 0 Å². The molecule has 2 heteroatoms. The maximum absolute atomic E-state index is 6.83. The van der Waals surface area contributed by atoms with Gasteiger partial charge in [-0.2, -0.15) is 0 Å². The van der Waals surface area contributed by atoms with Crippen LogP contribution in [0.4, 0.5) is 5.69 Å². The van der Waals surface area contributed by atoms with Crippen molar-refractivity contribution < 1.29 is 4.42 Å². The van der Waals surface area contributed by atoms with E-state index in [1.165, 1.54) is 76.8 Å². The summed E-state index contributed by atoms with van der Waals surface area (Å²) < 4.78 is 6.83. The second-order valence-electron chi connectivity index (χ2n) is 13.6. The molecule has 2 aliphatic rings. The number of fused-ring (bicyclic) bond motifs is 13. The van der Waals surface area contributed by atoms with Crippen molar-refractivity contribution in [2.45, 2.75) is 18.9 Å². The number of anilines is 1. The largest absolute Gasteiger partial charge is 0.455 e. The summed E-state index contributed by atoms with van der Waals surface area (Å²) in [6, 6.07) is 51.2. The summed E-state index contributed by atoms with van der Waals surface area (Å²) in [6.45, 7) is 0. The smallest absolute Gasteiger partial charge is 0.143 e. The number of rotatable bonds is 2. The first-order valence-electron chi connectivity index (χ1n) is 17.3. The SMILES string of the molecule is C1=Cc2ccc3c(c2CC1)NC(c1cccc(-c2cc4ccccc4c4c2oc2cc5ccccc5cc24)c1)c1ccc2ccccc2c1-3. The van der Waals surface area contributed by atoms with Gasteiger partial charge in [0.05, 0.1) is 6.04 Å². The van der Waals surface area contributed by atoms with Crippen LogP contribution in [0.2, 0.25) is 0 Å². The summed E-state index contributed by atoms with van der Waals surface area (Å²) in [5, 5.41) is 13.9. The monoisotopic (exact) mass is 625 g/mol. The van der Waals surface area contributed by atoms with Crippen LogP contribution >= 0.6 is 0 Å². The standard InChI is InChI=1S/C47H31NO/c1-2-13-31-27-42-41(25-30(31)12-1)44-36-18-7-5-14-33(36)26-40(47(44)49-42)32-15-9-16-34(24-32)45-38-22-20-28-10-3-6-17-35(28)43(38)39-23-21-29-11-4-8-19-37(29)46(39)48-45/h1-7,9-18,20-27,45,48H,8,19H2. The minimum Gasteiger partial charge on any atom is -0.455 e. The average Bonchev–Trinajstić information content (AvgIpc) is 3.54. The van der Waals surface area contributed by atoms with Crippen LogP contribution in [0.3, 0.4) is 0 Å². The molecule has 0 bridgehead atoms. The molecule has 0 radical (unpaired) electrons. The molecular weight excluding hydrogens is 595 g/mol. The molecule has 0 amide bonds. The Morgan fingerprint density at radius 2 is 1.39 bits per heavy atom. The van der Waals surface area contributed by atoms with Crippen LogP contribution in [0.5, 0.6) is 0 Å². The van der Waals surface area contributed by atoms with E-state index in [0.717, 1.165) is 40.5 Å². The lowest BCUT2D eigenvalue weighted by Gasteiger charge is -2.34. The van der Waals surface area contributed by atoms with Crippen LogP contribution in [0, 0.1) is 0 Å². The molecule has 1 unspecified atom stereocenters. The number of allylic oxidation sites excluding steroid dienone is 1. The highest BCUT2D eigenvalue weighted by Gasteiger charge is 2.30. The van der Waals surface area contributed by atoms with E-state index < -0.39 is 0 Å². The predicted molar refractivity (Wildman–Crippen MR) is 206 cm³/mol. The number of nitrogens with one attached hydrogen (secondary N) is 1. The van der Waals surface area contributed by atoms with Crippen LogP contribution in [0.15, 0.2) is 150 Å². The Hall–Kier alpha value is -6.12. The molecule has 0 saturated heterocycles. The van der Waals surface area contributed by atoms with Crippen molar-refractivity contribution in [3.63, 3.8) is 0 Å². The van der Waals surface area contributed by atoms with E-state index in [-0.39, 0.29) is 6.04 Å². The van der Waals surface area contributed by atoms with Crippen LogP contribution in [-0.2, 0) is 6.42 Å². The Morgan fingerprint density at radius 3 is 2.29 bits per heavy atom. The summed E-state index contributed by atoms with van der Waals surface area (Å²) in [5.41, 5.74) is 13.4. The summed E-state index contributed by atoms with van der Waals surface area (Å²) in [4.78, 5) is 0. The molecule has 11 rings (SSSR count). The van der Waals surface area contributed by atoms with Gasteiger partial charge in [-0.25, -0.2) is 0 Å². The highest BCUT2D eigenvalue weighted by Crippen LogP contribution is 2.50. The van der Waals surface area contributed by atoms with Gasteiger partial charge in [0.15, 0.2) is 0 Å². The molecular formula is C47H31NO. The molecule has 0 spiro atoms. The Labute approximate surface area is 283 Å². The maximum Gasteiger partial charge on any atom is 0.143 e. The van der Waals surface area contributed by atoms with Crippen molar-refractivity contribution >= 4 is 66.0 Å². The maximum atomic E-state index is 6.83. The molecule has 1 aliphatic carbocycles. The minimum atomic E-state index is 0.00128. The molecule has 0 saturated carbocycles. The van der Waals surface area contributed by atoms with Gasteiger partial charge in [-0.05, 0) is 103 Å². The van der Waals surface area contributed by atoms with E-state index >= 15 is 0 Å². The van der Waals surface area contributed by atoms with Gasteiger partial charge in [0.1, 0.15) is 11.2 Å². The van der Waals surface area contributed by atoms with Crippen LogP contribution < -0.4 is 5.32 Å². The normalized spacial score (nSPS) is 15.1. The molecule has 9 aromatic rings. The highest BCUT2D eigenvalue weighted by atomic mass is 16.3. The van der Waals surface area contributed by atoms with Crippen molar-refractivity contribution in [2.24, 2.45) is 0 Å². The number of benzene rings is 8. The second-order valence-corrected chi connectivity index (χ2v) is 13.6. The zero-order valence-electron chi connectivity index (χ0n) is 26.8. The third-order valence-electron chi connectivity index (χ3n) is 10.9. The Morgan fingerprint density at radius 1 is 0.592 bits per heavy atom. The van der Waals surface area contributed by atoms with E-state index in [9.17, 15) is 0 Å². The van der Waals surface area contributed by atoms with E-state index in [4.69, 9.17) is 4.42 Å². The molecule has 1 N–H and O–H groups in total. The highest BCUT2D eigenvalue weighted by molar-refractivity contribution is 6.24. The van der Waals surface area contributed by atoms with E-state index in [0.29, 0.717) is 0 Å². The van der Waals surface area contributed by atoms with E-state index in [1.54, 1.807) is 0 Å². The summed E-state index contributed by atoms with van der Waals surface area (Å²) in [5.74, 6) is 0. The summed E-state index contributed by atoms with van der Waals surface area (Å²) >= 11 is 0. The van der Waals surface area contributed by atoms with E-state index in [2.05, 4.69) is 157 Å². The molecule has 1 aromatic heterocycles. The Balaban J connectivity index is 1.15. The molecule has 0 fully saturated rings. The molecule has 2 nitrogen and oxygen atoms in total. The number of hydrogen-bond acceptors (Lipinski definition) is 2.